The Morgan fingerprint density at radius 2 is 1.80 bits per heavy atom. The van der Waals surface area contributed by atoms with Gasteiger partial charge in [0.15, 0.2) is 0 Å². The average Bonchev–Trinajstić information content (AvgIpc) is 3.15. The van der Waals surface area contributed by atoms with Crippen molar-refractivity contribution in [2.24, 2.45) is 5.92 Å². The fraction of sp³-hybridized carbons (Fsp3) is 0.308. The van der Waals surface area contributed by atoms with Gasteiger partial charge in [-0.1, -0.05) is 74.8 Å². The fourth-order valence-corrected chi connectivity index (χ4v) is 4.56. The van der Waals surface area contributed by atoms with E-state index in [1.54, 1.807) is 10.8 Å². The second-order valence-corrected chi connectivity index (χ2v) is 8.91. The molecular weight excluding hydrogens is 392 g/mol. The van der Waals surface area contributed by atoms with Gasteiger partial charge >= 0.3 is 0 Å². The molecule has 4 rings (SSSR count). The van der Waals surface area contributed by atoms with Crippen LogP contribution >= 0.6 is 11.6 Å². The molecule has 2 aromatic carbocycles. The number of carbonyl (C=O) groups is 1. The molecule has 2 atom stereocenters. The zero-order valence-corrected chi connectivity index (χ0v) is 18.4. The average molecular weight is 419 g/mol. The van der Waals surface area contributed by atoms with Crippen LogP contribution in [0.1, 0.15) is 67.1 Å². The topological polar surface area (TPSA) is 34.9 Å². The summed E-state index contributed by atoms with van der Waals surface area (Å²) in [6, 6.07) is 17.6. The van der Waals surface area contributed by atoms with Crippen LogP contribution in [0.3, 0.4) is 0 Å². The van der Waals surface area contributed by atoms with Gasteiger partial charge in [0.2, 0.25) is 0 Å². The van der Waals surface area contributed by atoms with Gasteiger partial charge in [0, 0.05) is 28.1 Å². The molecule has 0 bridgehead atoms. The molecule has 0 spiro atoms. The van der Waals surface area contributed by atoms with Gasteiger partial charge in [-0.2, -0.15) is 5.10 Å². The third-order valence-corrected chi connectivity index (χ3v) is 6.32. The molecule has 0 radical (unpaired) electrons. The first-order valence-corrected chi connectivity index (χ1v) is 11.0. The highest BCUT2D eigenvalue weighted by Gasteiger charge is 2.35. The third-order valence-electron chi connectivity index (χ3n) is 6.06. The Kier molecular flexibility index (Phi) is 5.92. The van der Waals surface area contributed by atoms with Gasteiger partial charge < -0.3 is 0 Å². The molecule has 0 fully saturated rings. The molecule has 0 saturated heterocycles. The molecule has 154 valence electrons. The first kappa shape index (κ1) is 20.6. The molecule has 1 heterocycles. The summed E-state index contributed by atoms with van der Waals surface area (Å²) >= 11 is 6.10. The van der Waals surface area contributed by atoms with Crippen molar-refractivity contribution in [3.8, 4) is 11.3 Å². The van der Waals surface area contributed by atoms with Crippen LogP contribution in [0.2, 0.25) is 5.02 Å². The number of fused-ring (bicyclic) bond motifs is 1. The SMILES string of the molecule is CC(C)[C@H]1CC[C@@H](C)c2c(-c3ccc(Cl)cc3)nn(C(=O)/C=C\c3ccccc3)c21. The van der Waals surface area contributed by atoms with Gasteiger partial charge in [0.1, 0.15) is 0 Å². The summed E-state index contributed by atoms with van der Waals surface area (Å²) in [5.74, 6) is 1.02. The Balaban J connectivity index is 1.83. The highest BCUT2D eigenvalue weighted by Crippen LogP contribution is 2.46. The van der Waals surface area contributed by atoms with E-state index < -0.39 is 0 Å². The largest absolute Gasteiger partial charge is 0.271 e. The standard InChI is InChI=1S/C26H27ClN2O/c1-17(2)22-15-9-18(3)24-25(20-11-13-21(27)14-12-20)28-29(26(22)24)23(30)16-10-19-7-5-4-6-8-19/h4-8,10-14,16-18,22H,9,15H2,1-3H3/b16-10-/t18-,22-/m1/s1. The maximum absolute atomic E-state index is 13.3. The molecule has 0 saturated carbocycles. The molecule has 0 unspecified atom stereocenters. The molecule has 0 N–H and O–H groups in total. The van der Waals surface area contributed by atoms with E-state index >= 15 is 0 Å². The molecule has 3 aromatic rings. The van der Waals surface area contributed by atoms with Gasteiger partial charge in [0.05, 0.1) is 11.4 Å². The zero-order chi connectivity index (χ0) is 21.3. The van der Waals surface area contributed by atoms with Crippen LogP contribution in [0.5, 0.6) is 0 Å². The molecule has 4 heteroatoms. The maximum Gasteiger partial charge on any atom is 0.271 e. The normalized spacial score (nSPS) is 18.7. The Morgan fingerprint density at radius 3 is 2.47 bits per heavy atom. The minimum absolute atomic E-state index is 0.102. The minimum atomic E-state index is -0.102. The van der Waals surface area contributed by atoms with Crippen LogP contribution in [0.4, 0.5) is 0 Å². The van der Waals surface area contributed by atoms with Crippen LogP contribution in [0, 0.1) is 5.92 Å². The van der Waals surface area contributed by atoms with E-state index in [9.17, 15) is 4.79 Å². The molecule has 30 heavy (non-hydrogen) atoms. The summed E-state index contributed by atoms with van der Waals surface area (Å²) < 4.78 is 1.65. The third kappa shape index (κ3) is 3.99. The number of aromatic nitrogens is 2. The highest BCUT2D eigenvalue weighted by atomic mass is 35.5. The maximum atomic E-state index is 13.3. The first-order valence-electron chi connectivity index (χ1n) is 10.6. The number of hydrogen-bond acceptors (Lipinski definition) is 2. The van der Waals surface area contributed by atoms with Crippen molar-refractivity contribution in [1.82, 2.24) is 9.78 Å². The quantitative estimate of drug-likeness (QED) is 0.420. The van der Waals surface area contributed by atoms with Crippen molar-refractivity contribution in [3.05, 3.63) is 82.5 Å². The lowest BCUT2D eigenvalue weighted by Gasteiger charge is -2.30. The van der Waals surface area contributed by atoms with Gasteiger partial charge in [-0.05, 0) is 48.4 Å². The van der Waals surface area contributed by atoms with Gasteiger partial charge in [-0.3, -0.25) is 4.79 Å². The molecule has 1 aliphatic carbocycles. The predicted molar refractivity (Wildman–Crippen MR) is 124 cm³/mol. The molecular formula is C26H27ClN2O. The monoisotopic (exact) mass is 418 g/mol. The van der Waals surface area contributed by atoms with Gasteiger partial charge in [-0.25, -0.2) is 4.68 Å². The number of allylic oxidation sites excluding steroid dienone is 1. The van der Waals surface area contributed by atoms with Crippen molar-refractivity contribution in [1.29, 1.82) is 0 Å². The molecule has 0 aliphatic heterocycles. The van der Waals surface area contributed by atoms with Crippen molar-refractivity contribution in [2.75, 3.05) is 0 Å². The van der Waals surface area contributed by atoms with Crippen LogP contribution in [0.25, 0.3) is 17.3 Å². The fourth-order valence-electron chi connectivity index (χ4n) is 4.44. The molecule has 1 aliphatic rings. The lowest BCUT2D eigenvalue weighted by Crippen LogP contribution is -2.23. The summed E-state index contributed by atoms with van der Waals surface area (Å²) in [6.07, 6.45) is 5.67. The zero-order valence-electron chi connectivity index (χ0n) is 17.7. The smallest absolute Gasteiger partial charge is 0.267 e. The second-order valence-electron chi connectivity index (χ2n) is 8.48. The number of halogens is 1. The Labute approximate surface area is 183 Å². The van der Waals surface area contributed by atoms with Crippen molar-refractivity contribution in [2.45, 2.75) is 45.4 Å². The van der Waals surface area contributed by atoms with E-state index in [0.717, 1.165) is 35.4 Å². The summed E-state index contributed by atoms with van der Waals surface area (Å²) in [6.45, 7) is 6.70. The Hall–Kier alpha value is -2.65. The summed E-state index contributed by atoms with van der Waals surface area (Å²) in [5, 5.41) is 5.56. The number of hydrogen-bond donors (Lipinski definition) is 0. The number of carbonyl (C=O) groups excluding carboxylic acids is 1. The van der Waals surface area contributed by atoms with Crippen LogP contribution in [-0.4, -0.2) is 15.7 Å². The second kappa shape index (κ2) is 8.61. The lowest BCUT2D eigenvalue weighted by atomic mass is 9.75. The van der Waals surface area contributed by atoms with E-state index in [1.807, 2.05) is 60.7 Å². The highest BCUT2D eigenvalue weighted by molar-refractivity contribution is 6.30. The van der Waals surface area contributed by atoms with Gasteiger partial charge in [0.25, 0.3) is 5.91 Å². The van der Waals surface area contributed by atoms with E-state index in [2.05, 4.69) is 20.8 Å². The lowest BCUT2D eigenvalue weighted by molar-refractivity contribution is 0.0947. The summed E-state index contributed by atoms with van der Waals surface area (Å²) in [5.41, 5.74) is 5.20. The van der Waals surface area contributed by atoms with Gasteiger partial charge in [-0.15, -0.1) is 0 Å². The molecule has 3 nitrogen and oxygen atoms in total. The van der Waals surface area contributed by atoms with E-state index in [-0.39, 0.29) is 5.91 Å². The number of benzene rings is 2. The summed E-state index contributed by atoms with van der Waals surface area (Å²) in [4.78, 5) is 13.3. The van der Waals surface area contributed by atoms with Crippen molar-refractivity contribution in [3.63, 3.8) is 0 Å². The van der Waals surface area contributed by atoms with Crippen LogP contribution < -0.4 is 0 Å². The Bertz CT molecular complexity index is 1060. The molecule has 0 amide bonds. The van der Waals surface area contributed by atoms with Crippen LogP contribution in [-0.2, 0) is 0 Å². The van der Waals surface area contributed by atoms with Crippen molar-refractivity contribution >= 4 is 23.6 Å². The summed E-state index contributed by atoms with van der Waals surface area (Å²) in [7, 11) is 0. The van der Waals surface area contributed by atoms with E-state index in [0.29, 0.717) is 22.8 Å². The van der Waals surface area contributed by atoms with Crippen molar-refractivity contribution < 1.29 is 4.79 Å². The molecule has 1 aromatic heterocycles. The van der Waals surface area contributed by atoms with E-state index in [1.165, 1.54) is 5.56 Å². The minimum Gasteiger partial charge on any atom is -0.267 e. The number of nitrogens with zero attached hydrogens (tertiary/aromatic N) is 2. The number of rotatable bonds is 4. The first-order chi connectivity index (χ1) is 14.5. The van der Waals surface area contributed by atoms with Crippen LogP contribution in [0.15, 0.2) is 60.7 Å². The Morgan fingerprint density at radius 1 is 1.10 bits per heavy atom. The van der Waals surface area contributed by atoms with E-state index in [4.69, 9.17) is 16.7 Å². The predicted octanol–water partition coefficient (Wildman–Crippen LogP) is 7.19.